The van der Waals surface area contributed by atoms with Crippen LogP contribution in [-0.2, 0) is 15.6 Å². The lowest BCUT2D eigenvalue weighted by Gasteiger charge is -2.26. The van der Waals surface area contributed by atoms with Crippen molar-refractivity contribution in [1.82, 2.24) is 4.98 Å². The highest BCUT2D eigenvalue weighted by Crippen LogP contribution is 2.34. The van der Waals surface area contributed by atoms with Crippen molar-refractivity contribution in [3.63, 3.8) is 0 Å². The van der Waals surface area contributed by atoms with Crippen LogP contribution in [0.15, 0.2) is 24.3 Å². The van der Waals surface area contributed by atoms with Crippen molar-refractivity contribution >= 4 is 10.9 Å². The average Bonchev–Trinajstić information content (AvgIpc) is 2.44. The highest BCUT2D eigenvalue weighted by molar-refractivity contribution is 5.85. The van der Waals surface area contributed by atoms with Crippen LogP contribution in [0.1, 0.15) is 52.8 Å². The van der Waals surface area contributed by atoms with E-state index >= 15 is 0 Å². The molecule has 1 aromatic carbocycles. The first kappa shape index (κ1) is 17.7. The third-order valence-corrected chi connectivity index (χ3v) is 3.91. The highest BCUT2D eigenvalue weighted by atomic mass is 16.5. The minimum absolute atomic E-state index is 0.0296. The Kier molecular flexibility index (Phi) is 5.00. The zero-order valence-electron chi connectivity index (χ0n) is 15.5. The molecule has 23 heavy (non-hydrogen) atoms. The van der Waals surface area contributed by atoms with E-state index in [9.17, 15) is 0 Å². The maximum absolute atomic E-state index is 5.77. The van der Waals surface area contributed by atoms with Gasteiger partial charge in [0, 0.05) is 23.6 Å². The van der Waals surface area contributed by atoms with Crippen molar-refractivity contribution < 1.29 is 9.47 Å². The molecule has 0 bridgehead atoms. The largest absolute Gasteiger partial charge is 0.491 e. The van der Waals surface area contributed by atoms with Crippen LogP contribution in [0.4, 0.5) is 0 Å². The van der Waals surface area contributed by atoms with Crippen LogP contribution in [0, 0.1) is 0 Å². The van der Waals surface area contributed by atoms with Gasteiger partial charge in [-0.1, -0.05) is 41.5 Å². The van der Waals surface area contributed by atoms with E-state index in [0.29, 0.717) is 13.2 Å². The standard InChI is InChI=1S/C20H29NO2/c1-19(2,3)16-13-18(20(4,5)6)21-17-9-8-14(12-15(16)17)23-11-10-22-7/h8-9,12-13H,10-11H2,1-7H3. The number of methoxy groups -OCH3 is 1. The molecule has 0 radical (unpaired) electrons. The van der Waals surface area contributed by atoms with E-state index in [1.165, 1.54) is 10.9 Å². The number of nitrogens with zero attached hydrogens (tertiary/aromatic N) is 1. The molecule has 0 aliphatic carbocycles. The topological polar surface area (TPSA) is 31.4 Å². The summed E-state index contributed by atoms with van der Waals surface area (Å²) in [4.78, 5) is 4.88. The van der Waals surface area contributed by atoms with Crippen molar-refractivity contribution in [2.24, 2.45) is 0 Å². The molecule has 0 atom stereocenters. The summed E-state index contributed by atoms with van der Waals surface area (Å²) in [7, 11) is 1.68. The molecule has 1 aromatic heterocycles. The van der Waals surface area contributed by atoms with E-state index in [2.05, 4.69) is 59.7 Å². The first-order valence-corrected chi connectivity index (χ1v) is 8.20. The zero-order valence-corrected chi connectivity index (χ0v) is 15.5. The Bertz CT molecular complexity index is 678. The number of hydrogen-bond donors (Lipinski definition) is 0. The second kappa shape index (κ2) is 6.48. The van der Waals surface area contributed by atoms with Crippen LogP contribution in [0.5, 0.6) is 5.75 Å². The molecular formula is C20H29NO2. The summed E-state index contributed by atoms with van der Waals surface area (Å²) in [5.74, 6) is 0.866. The van der Waals surface area contributed by atoms with E-state index in [1.807, 2.05) is 6.07 Å². The van der Waals surface area contributed by atoms with Gasteiger partial charge >= 0.3 is 0 Å². The lowest BCUT2D eigenvalue weighted by molar-refractivity contribution is 0.146. The molecule has 0 amide bonds. The van der Waals surface area contributed by atoms with Crippen molar-refractivity contribution in [2.75, 3.05) is 20.3 Å². The van der Waals surface area contributed by atoms with Gasteiger partial charge in [0.2, 0.25) is 0 Å². The Morgan fingerprint density at radius 1 is 0.913 bits per heavy atom. The fraction of sp³-hybridized carbons (Fsp3) is 0.550. The maximum atomic E-state index is 5.77. The lowest BCUT2D eigenvalue weighted by Crippen LogP contribution is -2.18. The van der Waals surface area contributed by atoms with Crippen LogP contribution in [0.25, 0.3) is 10.9 Å². The van der Waals surface area contributed by atoms with Crippen LogP contribution in [-0.4, -0.2) is 25.3 Å². The van der Waals surface area contributed by atoms with Crippen molar-refractivity contribution in [3.05, 3.63) is 35.5 Å². The molecule has 0 saturated carbocycles. The number of rotatable bonds is 4. The molecule has 3 nitrogen and oxygen atoms in total. The van der Waals surface area contributed by atoms with E-state index in [1.54, 1.807) is 7.11 Å². The number of ether oxygens (including phenoxy) is 2. The second-order valence-electron chi connectivity index (χ2n) is 8.08. The minimum atomic E-state index is 0.0296. The summed E-state index contributed by atoms with van der Waals surface area (Å²) in [6.07, 6.45) is 0. The minimum Gasteiger partial charge on any atom is -0.491 e. The molecule has 0 aliphatic rings. The summed E-state index contributed by atoms with van der Waals surface area (Å²) in [5.41, 5.74) is 3.54. The van der Waals surface area contributed by atoms with Crippen molar-refractivity contribution in [3.8, 4) is 5.75 Å². The number of aromatic nitrogens is 1. The molecule has 0 saturated heterocycles. The molecule has 0 spiro atoms. The van der Waals surface area contributed by atoms with Gasteiger partial charge in [-0.05, 0) is 35.2 Å². The first-order valence-electron chi connectivity index (χ1n) is 8.20. The Morgan fingerprint density at radius 2 is 1.61 bits per heavy atom. The molecule has 0 unspecified atom stereocenters. The fourth-order valence-electron chi connectivity index (χ4n) is 2.54. The fourth-order valence-corrected chi connectivity index (χ4v) is 2.54. The lowest BCUT2D eigenvalue weighted by atomic mass is 9.81. The number of fused-ring (bicyclic) bond motifs is 1. The molecule has 3 heteroatoms. The van der Waals surface area contributed by atoms with Gasteiger partial charge in [-0.15, -0.1) is 0 Å². The van der Waals surface area contributed by atoms with E-state index in [0.717, 1.165) is 17.0 Å². The van der Waals surface area contributed by atoms with Gasteiger partial charge in [0.05, 0.1) is 12.1 Å². The Labute approximate surface area is 140 Å². The van der Waals surface area contributed by atoms with Crippen molar-refractivity contribution in [2.45, 2.75) is 52.4 Å². The van der Waals surface area contributed by atoms with Gasteiger partial charge in [-0.3, -0.25) is 4.98 Å². The van der Waals surface area contributed by atoms with E-state index in [4.69, 9.17) is 14.5 Å². The Balaban J connectivity index is 2.56. The maximum Gasteiger partial charge on any atom is 0.120 e. The van der Waals surface area contributed by atoms with Crippen molar-refractivity contribution in [1.29, 1.82) is 0 Å². The summed E-state index contributed by atoms with van der Waals surface area (Å²) in [5, 5.41) is 1.17. The summed E-state index contributed by atoms with van der Waals surface area (Å²) < 4.78 is 10.8. The van der Waals surface area contributed by atoms with Gasteiger partial charge in [0.25, 0.3) is 0 Å². The van der Waals surface area contributed by atoms with Crippen LogP contribution < -0.4 is 4.74 Å². The molecule has 0 N–H and O–H groups in total. The molecule has 2 rings (SSSR count). The summed E-state index contributed by atoms with van der Waals surface area (Å²) in [6.45, 7) is 14.5. The van der Waals surface area contributed by atoms with Crippen LogP contribution in [0.2, 0.25) is 0 Å². The smallest absolute Gasteiger partial charge is 0.120 e. The van der Waals surface area contributed by atoms with E-state index in [-0.39, 0.29) is 10.8 Å². The molecule has 2 aromatic rings. The number of pyridine rings is 1. The van der Waals surface area contributed by atoms with Crippen LogP contribution >= 0.6 is 0 Å². The van der Waals surface area contributed by atoms with Gasteiger partial charge < -0.3 is 9.47 Å². The molecule has 0 aliphatic heterocycles. The van der Waals surface area contributed by atoms with E-state index < -0.39 is 0 Å². The molecular weight excluding hydrogens is 286 g/mol. The first-order chi connectivity index (χ1) is 10.6. The third-order valence-electron chi connectivity index (χ3n) is 3.91. The number of benzene rings is 1. The molecule has 126 valence electrons. The second-order valence-corrected chi connectivity index (χ2v) is 8.08. The van der Waals surface area contributed by atoms with Gasteiger partial charge in [0.1, 0.15) is 12.4 Å². The Morgan fingerprint density at radius 3 is 2.17 bits per heavy atom. The van der Waals surface area contributed by atoms with Gasteiger partial charge in [-0.25, -0.2) is 0 Å². The molecule has 0 fully saturated rings. The van der Waals surface area contributed by atoms with Gasteiger partial charge in [-0.2, -0.15) is 0 Å². The summed E-state index contributed by atoms with van der Waals surface area (Å²) >= 11 is 0. The van der Waals surface area contributed by atoms with Crippen LogP contribution in [0.3, 0.4) is 0 Å². The quantitative estimate of drug-likeness (QED) is 0.755. The third kappa shape index (κ3) is 4.23. The monoisotopic (exact) mass is 315 g/mol. The summed E-state index contributed by atoms with van der Waals surface area (Å²) in [6, 6.07) is 8.40. The van der Waals surface area contributed by atoms with Gasteiger partial charge in [0.15, 0.2) is 0 Å². The predicted octanol–water partition coefficient (Wildman–Crippen LogP) is 4.86. The highest BCUT2D eigenvalue weighted by Gasteiger charge is 2.23. The Hall–Kier alpha value is -1.61. The SMILES string of the molecule is COCCOc1ccc2nc(C(C)(C)C)cc(C(C)(C)C)c2c1. The normalized spacial score (nSPS) is 12.7. The predicted molar refractivity (Wildman–Crippen MR) is 96.5 cm³/mol. The average molecular weight is 315 g/mol. The zero-order chi connectivity index (χ0) is 17.3. The number of hydrogen-bond acceptors (Lipinski definition) is 3. The molecule has 1 heterocycles.